The number of rotatable bonds is 7. The highest BCUT2D eigenvalue weighted by atomic mass is 16.5. The number of carbonyl (C=O) groups is 1. The highest BCUT2D eigenvalue weighted by molar-refractivity contribution is 5.77. The van der Waals surface area contributed by atoms with Crippen LogP contribution in [0, 0.1) is 0 Å². The molecule has 0 bridgehead atoms. The van der Waals surface area contributed by atoms with Gasteiger partial charge in [-0.3, -0.25) is 9.78 Å². The average Bonchev–Trinajstić information content (AvgIpc) is 3.08. The average molecular weight is 427 g/mol. The molecule has 8 heteroatoms. The standard InChI is InChI=1S/C23H30N4O4/c28-21(27-12-10-26(11-13-27)18-7-2-1-3-8-18)14-19-22(29)23(30)20(31-19)16-24-15-17-6-4-5-9-25-17/h1-9,19-20,22-24,29-30H,10-16H2. The smallest absolute Gasteiger partial charge is 0.225 e. The molecule has 3 heterocycles. The molecule has 1 aromatic carbocycles. The van der Waals surface area contributed by atoms with E-state index in [2.05, 4.69) is 27.3 Å². The maximum Gasteiger partial charge on any atom is 0.225 e. The molecule has 4 rings (SSSR count). The highest BCUT2D eigenvalue weighted by Gasteiger charge is 2.43. The van der Waals surface area contributed by atoms with Crippen molar-refractivity contribution in [3.63, 3.8) is 0 Å². The number of anilines is 1. The number of nitrogens with zero attached hydrogens (tertiary/aromatic N) is 3. The Morgan fingerprint density at radius 3 is 2.42 bits per heavy atom. The van der Waals surface area contributed by atoms with Gasteiger partial charge in [-0.05, 0) is 24.3 Å². The molecule has 166 valence electrons. The molecule has 0 spiro atoms. The van der Waals surface area contributed by atoms with Gasteiger partial charge in [-0.25, -0.2) is 0 Å². The zero-order valence-corrected chi connectivity index (χ0v) is 17.5. The van der Waals surface area contributed by atoms with Crippen LogP contribution in [0.15, 0.2) is 54.7 Å². The maximum absolute atomic E-state index is 12.8. The molecule has 2 saturated heterocycles. The summed E-state index contributed by atoms with van der Waals surface area (Å²) in [6.45, 7) is 3.72. The summed E-state index contributed by atoms with van der Waals surface area (Å²) in [6, 6.07) is 15.8. The van der Waals surface area contributed by atoms with Crippen LogP contribution in [0.3, 0.4) is 0 Å². The zero-order valence-electron chi connectivity index (χ0n) is 17.5. The molecule has 2 aliphatic rings. The van der Waals surface area contributed by atoms with Crippen molar-refractivity contribution in [2.75, 3.05) is 37.6 Å². The van der Waals surface area contributed by atoms with Gasteiger partial charge in [-0.15, -0.1) is 0 Å². The lowest BCUT2D eigenvalue weighted by molar-refractivity contribution is -0.135. The van der Waals surface area contributed by atoms with E-state index >= 15 is 0 Å². The summed E-state index contributed by atoms with van der Waals surface area (Å²) in [5.41, 5.74) is 2.05. The van der Waals surface area contributed by atoms with Gasteiger partial charge in [0, 0.05) is 51.2 Å². The summed E-state index contributed by atoms with van der Waals surface area (Å²) >= 11 is 0. The molecule has 2 aliphatic heterocycles. The van der Waals surface area contributed by atoms with Crippen molar-refractivity contribution in [2.24, 2.45) is 0 Å². The van der Waals surface area contributed by atoms with Gasteiger partial charge in [0.05, 0.1) is 24.3 Å². The number of aliphatic hydroxyl groups is 2. The second kappa shape index (κ2) is 10.2. The number of aromatic nitrogens is 1. The van der Waals surface area contributed by atoms with Crippen LogP contribution < -0.4 is 10.2 Å². The van der Waals surface area contributed by atoms with Crippen LogP contribution in [-0.4, -0.2) is 83.1 Å². The van der Waals surface area contributed by atoms with Gasteiger partial charge in [-0.2, -0.15) is 0 Å². The molecule has 0 saturated carbocycles. The van der Waals surface area contributed by atoms with Crippen molar-refractivity contribution in [3.8, 4) is 0 Å². The van der Waals surface area contributed by atoms with E-state index in [4.69, 9.17) is 4.74 Å². The van der Waals surface area contributed by atoms with E-state index in [9.17, 15) is 15.0 Å². The van der Waals surface area contributed by atoms with Crippen molar-refractivity contribution in [1.29, 1.82) is 0 Å². The summed E-state index contributed by atoms with van der Waals surface area (Å²) < 4.78 is 5.84. The summed E-state index contributed by atoms with van der Waals surface area (Å²) in [4.78, 5) is 21.1. The number of ether oxygens (including phenoxy) is 1. The van der Waals surface area contributed by atoms with Crippen molar-refractivity contribution in [1.82, 2.24) is 15.2 Å². The van der Waals surface area contributed by atoms with Crippen LogP contribution in [0.5, 0.6) is 0 Å². The first-order chi connectivity index (χ1) is 15.1. The van der Waals surface area contributed by atoms with E-state index in [-0.39, 0.29) is 12.3 Å². The van der Waals surface area contributed by atoms with Crippen LogP contribution in [0.2, 0.25) is 0 Å². The number of benzene rings is 1. The molecule has 0 aliphatic carbocycles. The summed E-state index contributed by atoms with van der Waals surface area (Å²) in [5.74, 6) is -0.0499. The molecule has 4 atom stereocenters. The first-order valence-electron chi connectivity index (χ1n) is 10.8. The Morgan fingerprint density at radius 1 is 1.00 bits per heavy atom. The second-order valence-electron chi connectivity index (χ2n) is 8.05. The molecule has 1 amide bonds. The molecule has 4 unspecified atom stereocenters. The Kier molecular flexibility index (Phi) is 7.14. The predicted molar refractivity (Wildman–Crippen MR) is 116 cm³/mol. The number of amides is 1. The molecular weight excluding hydrogens is 396 g/mol. The van der Waals surface area contributed by atoms with E-state index in [0.29, 0.717) is 26.2 Å². The van der Waals surface area contributed by atoms with Gasteiger partial charge in [0.1, 0.15) is 12.2 Å². The first kappa shape index (κ1) is 21.7. The Balaban J connectivity index is 1.23. The van der Waals surface area contributed by atoms with Crippen LogP contribution in [0.1, 0.15) is 12.1 Å². The first-order valence-corrected chi connectivity index (χ1v) is 10.8. The third-order valence-corrected chi connectivity index (χ3v) is 5.97. The fourth-order valence-electron chi connectivity index (χ4n) is 4.16. The topological polar surface area (TPSA) is 98.2 Å². The van der Waals surface area contributed by atoms with Crippen molar-refractivity contribution in [2.45, 2.75) is 37.4 Å². The fourth-order valence-corrected chi connectivity index (χ4v) is 4.16. The van der Waals surface area contributed by atoms with Crippen molar-refractivity contribution in [3.05, 3.63) is 60.4 Å². The summed E-state index contributed by atoms with van der Waals surface area (Å²) in [5, 5.41) is 23.9. The van der Waals surface area contributed by atoms with Gasteiger partial charge in [0.25, 0.3) is 0 Å². The highest BCUT2D eigenvalue weighted by Crippen LogP contribution is 2.25. The largest absolute Gasteiger partial charge is 0.388 e. The van der Waals surface area contributed by atoms with E-state index in [0.717, 1.165) is 24.5 Å². The second-order valence-corrected chi connectivity index (χ2v) is 8.05. The Bertz CT molecular complexity index is 830. The molecule has 2 aromatic rings. The Hall–Kier alpha value is -2.52. The molecule has 8 nitrogen and oxygen atoms in total. The molecule has 3 N–H and O–H groups in total. The van der Waals surface area contributed by atoms with Crippen molar-refractivity contribution >= 4 is 11.6 Å². The van der Waals surface area contributed by atoms with Gasteiger partial charge >= 0.3 is 0 Å². The fraction of sp³-hybridized carbons (Fsp3) is 0.478. The van der Waals surface area contributed by atoms with Crippen LogP contribution in [0.25, 0.3) is 0 Å². The molecule has 0 radical (unpaired) electrons. The Labute approximate surface area is 182 Å². The third kappa shape index (κ3) is 5.40. The predicted octanol–water partition coefficient (Wildman–Crippen LogP) is 0.399. The van der Waals surface area contributed by atoms with Crippen molar-refractivity contribution < 1.29 is 19.7 Å². The minimum absolute atomic E-state index is 0.0499. The monoisotopic (exact) mass is 426 g/mol. The maximum atomic E-state index is 12.8. The summed E-state index contributed by atoms with van der Waals surface area (Å²) in [7, 11) is 0. The number of hydrogen-bond donors (Lipinski definition) is 3. The normalized spacial score (nSPS) is 26.3. The van der Waals surface area contributed by atoms with Crippen LogP contribution in [-0.2, 0) is 16.1 Å². The lowest BCUT2D eigenvalue weighted by Gasteiger charge is -2.36. The lowest BCUT2D eigenvalue weighted by atomic mass is 10.0. The molecule has 2 fully saturated rings. The van der Waals surface area contributed by atoms with E-state index in [1.54, 1.807) is 6.20 Å². The molecular formula is C23H30N4O4. The number of aliphatic hydroxyl groups excluding tert-OH is 2. The Morgan fingerprint density at radius 2 is 1.71 bits per heavy atom. The minimum Gasteiger partial charge on any atom is -0.388 e. The molecule has 31 heavy (non-hydrogen) atoms. The minimum atomic E-state index is -1.07. The number of piperazine rings is 1. The lowest BCUT2D eigenvalue weighted by Crippen LogP contribution is -2.49. The quantitative estimate of drug-likeness (QED) is 0.590. The number of hydrogen-bond acceptors (Lipinski definition) is 7. The van der Waals surface area contributed by atoms with E-state index in [1.165, 1.54) is 0 Å². The van der Waals surface area contributed by atoms with Crippen LogP contribution in [0.4, 0.5) is 5.69 Å². The van der Waals surface area contributed by atoms with E-state index < -0.39 is 24.4 Å². The summed E-state index contributed by atoms with van der Waals surface area (Å²) in [6.07, 6.45) is -1.56. The van der Waals surface area contributed by atoms with Gasteiger partial charge in [-0.1, -0.05) is 24.3 Å². The van der Waals surface area contributed by atoms with Crippen LogP contribution >= 0.6 is 0 Å². The number of carbonyl (C=O) groups excluding carboxylic acids is 1. The van der Waals surface area contributed by atoms with Gasteiger partial charge < -0.3 is 30.1 Å². The van der Waals surface area contributed by atoms with Gasteiger partial charge in [0.15, 0.2) is 0 Å². The van der Waals surface area contributed by atoms with E-state index in [1.807, 2.05) is 41.3 Å². The number of pyridine rings is 1. The third-order valence-electron chi connectivity index (χ3n) is 5.97. The molecule has 1 aromatic heterocycles. The SMILES string of the molecule is O=C(CC1OC(CNCc2ccccn2)C(O)C1O)N1CCN(c2ccccc2)CC1. The number of para-hydroxylation sites is 1. The number of nitrogens with one attached hydrogen (secondary N) is 1. The van der Waals surface area contributed by atoms with Gasteiger partial charge in [0.2, 0.25) is 5.91 Å². The zero-order chi connectivity index (χ0) is 21.6.